The molecule has 126 valence electrons. The van der Waals surface area contributed by atoms with Gasteiger partial charge in [0.05, 0.1) is 16.9 Å². The molecule has 23 heavy (non-hydrogen) atoms. The van der Waals surface area contributed by atoms with Gasteiger partial charge in [-0.15, -0.1) is 0 Å². The molecule has 2 fully saturated rings. The van der Waals surface area contributed by atoms with Crippen LogP contribution in [-0.4, -0.2) is 38.6 Å². The van der Waals surface area contributed by atoms with Crippen LogP contribution in [0.3, 0.4) is 0 Å². The summed E-state index contributed by atoms with van der Waals surface area (Å²) in [5, 5.41) is 14.3. The standard InChI is InChI=1S/C14H19N3O5S/c1-22-14-8-12(4-5-13(14)17(18)19)23(20,21)16-11-6-9-2-3-10(7-11)15-9/h4-5,8-11,15-16H,2-3,6-7H2,1H3. The minimum Gasteiger partial charge on any atom is -0.490 e. The van der Waals surface area contributed by atoms with Gasteiger partial charge in [0, 0.05) is 30.3 Å². The Bertz CT molecular complexity index is 709. The average molecular weight is 341 g/mol. The molecule has 1 aromatic rings. The van der Waals surface area contributed by atoms with Crippen LogP contribution < -0.4 is 14.8 Å². The van der Waals surface area contributed by atoms with Crippen LogP contribution in [0.2, 0.25) is 0 Å². The summed E-state index contributed by atoms with van der Waals surface area (Å²) >= 11 is 0. The molecule has 0 spiro atoms. The Morgan fingerprint density at radius 3 is 2.52 bits per heavy atom. The summed E-state index contributed by atoms with van der Waals surface area (Å²) in [4.78, 5) is 10.3. The molecule has 1 aromatic carbocycles. The molecule has 0 saturated carbocycles. The number of nitrogens with zero attached hydrogens (tertiary/aromatic N) is 1. The minimum atomic E-state index is -3.73. The van der Waals surface area contributed by atoms with Gasteiger partial charge in [-0.1, -0.05) is 0 Å². The molecule has 2 N–H and O–H groups in total. The van der Waals surface area contributed by atoms with Gasteiger partial charge < -0.3 is 10.1 Å². The normalized spacial score (nSPS) is 26.9. The maximum atomic E-state index is 12.5. The number of rotatable bonds is 5. The van der Waals surface area contributed by atoms with E-state index in [2.05, 4.69) is 10.0 Å². The highest BCUT2D eigenvalue weighted by atomic mass is 32.2. The smallest absolute Gasteiger partial charge is 0.310 e. The first kappa shape index (κ1) is 16.2. The Hall–Kier alpha value is -1.71. The highest BCUT2D eigenvalue weighted by molar-refractivity contribution is 7.89. The monoisotopic (exact) mass is 341 g/mol. The van der Waals surface area contributed by atoms with E-state index in [9.17, 15) is 18.5 Å². The summed E-state index contributed by atoms with van der Waals surface area (Å²) in [6, 6.07) is 4.20. The third kappa shape index (κ3) is 3.31. The van der Waals surface area contributed by atoms with Crippen molar-refractivity contribution in [1.29, 1.82) is 0 Å². The quantitative estimate of drug-likeness (QED) is 0.614. The SMILES string of the molecule is COc1cc(S(=O)(=O)NC2CC3CCC(C2)N3)ccc1[N+](=O)[O-]. The van der Waals surface area contributed by atoms with Crippen LogP contribution in [-0.2, 0) is 10.0 Å². The Balaban J connectivity index is 1.81. The molecule has 2 aliphatic rings. The van der Waals surface area contributed by atoms with Gasteiger partial charge in [0.15, 0.2) is 5.75 Å². The molecule has 2 heterocycles. The van der Waals surface area contributed by atoms with Crippen LogP contribution >= 0.6 is 0 Å². The van der Waals surface area contributed by atoms with E-state index < -0.39 is 14.9 Å². The third-order valence-electron chi connectivity index (χ3n) is 4.45. The topological polar surface area (TPSA) is 111 Å². The summed E-state index contributed by atoms with van der Waals surface area (Å²) in [6.45, 7) is 0. The molecule has 0 amide bonds. The second-order valence-corrected chi connectivity index (χ2v) is 7.73. The van der Waals surface area contributed by atoms with Crippen molar-refractivity contribution in [3.05, 3.63) is 28.3 Å². The number of fused-ring (bicyclic) bond motifs is 2. The Morgan fingerprint density at radius 2 is 1.96 bits per heavy atom. The third-order valence-corrected chi connectivity index (χ3v) is 5.97. The number of methoxy groups -OCH3 is 1. The molecule has 2 unspecified atom stereocenters. The van der Waals surface area contributed by atoms with Gasteiger partial charge in [-0.2, -0.15) is 0 Å². The first-order valence-electron chi connectivity index (χ1n) is 7.50. The lowest BCUT2D eigenvalue weighted by atomic mass is 10.0. The molecule has 9 heteroatoms. The van der Waals surface area contributed by atoms with Crippen molar-refractivity contribution in [2.75, 3.05) is 7.11 Å². The zero-order chi connectivity index (χ0) is 16.6. The summed E-state index contributed by atoms with van der Waals surface area (Å²) in [6.07, 6.45) is 3.68. The van der Waals surface area contributed by atoms with Gasteiger partial charge in [0.2, 0.25) is 10.0 Å². The van der Waals surface area contributed by atoms with Crippen molar-refractivity contribution in [2.24, 2.45) is 0 Å². The Labute approximate surface area is 134 Å². The first-order chi connectivity index (χ1) is 10.9. The predicted octanol–water partition coefficient (Wildman–Crippen LogP) is 1.16. The number of ether oxygens (including phenoxy) is 1. The van der Waals surface area contributed by atoms with Crippen LogP contribution in [0.4, 0.5) is 5.69 Å². The Kier molecular flexibility index (Phi) is 4.26. The number of hydrogen-bond donors (Lipinski definition) is 2. The summed E-state index contributed by atoms with van der Waals surface area (Å²) in [7, 11) is -2.46. The van der Waals surface area contributed by atoms with Crippen LogP contribution in [0.15, 0.2) is 23.1 Å². The summed E-state index contributed by atoms with van der Waals surface area (Å²) < 4.78 is 32.7. The molecule has 0 aliphatic carbocycles. The van der Waals surface area contributed by atoms with E-state index in [1.54, 1.807) is 0 Å². The molecule has 2 saturated heterocycles. The van der Waals surface area contributed by atoms with Crippen molar-refractivity contribution >= 4 is 15.7 Å². The molecule has 0 aromatic heterocycles. The number of benzene rings is 1. The van der Waals surface area contributed by atoms with Crippen LogP contribution in [0.5, 0.6) is 5.75 Å². The fourth-order valence-electron chi connectivity index (χ4n) is 3.42. The lowest BCUT2D eigenvalue weighted by Crippen LogP contribution is -2.47. The van der Waals surface area contributed by atoms with Gasteiger partial charge >= 0.3 is 5.69 Å². The molecule has 2 atom stereocenters. The summed E-state index contributed by atoms with van der Waals surface area (Å²) in [5.41, 5.74) is -0.258. The van der Waals surface area contributed by atoms with E-state index in [0.717, 1.165) is 31.7 Å². The molecule has 3 rings (SSSR count). The van der Waals surface area contributed by atoms with Gasteiger partial charge in [-0.05, 0) is 31.7 Å². The van der Waals surface area contributed by atoms with Crippen LogP contribution in [0.25, 0.3) is 0 Å². The zero-order valence-electron chi connectivity index (χ0n) is 12.7. The number of nitrogens with one attached hydrogen (secondary N) is 2. The lowest BCUT2D eigenvalue weighted by Gasteiger charge is -2.29. The summed E-state index contributed by atoms with van der Waals surface area (Å²) in [5.74, 6) is -0.0664. The number of hydrogen-bond acceptors (Lipinski definition) is 6. The van der Waals surface area contributed by atoms with Crippen molar-refractivity contribution < 1.29 is 18.1 Å². The lowest BCUT2D eigenvalue weighted by molar-refractivity contribution is -0.385. The molecular weight excluding hydrogens is 322 g/mol. The molecule has 0 radical (unpaired) electrons. The van der Waals surface area contributed by atoms with Crippen molar-refractivity contribution in [2.45, 2.75) is 48.7 Å². The van der Waals surface area contributed by atoms with Crippen molar-refractivity contribution in [1.82, 2.24) is 10.0 Å². The maximum absolute atomic E-state index is 12.5. The molecular formula is C14H19N3O5S. The maximum Gasteiger partial charge on any atom is 0.310 e. The molecule has 2 aliphatic heterocycles. The first-order valence-corrected chi connectivity index (χ1v) is 8.98. The number of nitro groups is 1. The van der Waals surface area contributed by atoms with E-state index >= 15 is 0 Å². The fraction of sp³-hybridized carbons (Fsp3) is 0.571. The number of nitro benzene ring substituents is 1. The number of piperidine rings is 1. The average Bonchev–Trinajstić information content (AvgIpc) is 2.85. The van der Waals surface area contributed by atoms with E-state index in [1.165, 1.54) is 19.2 Å². The van der Waals surface area contributed by atoms with Gasteiger partial charge in [0.25, 0.3) is 0 Å². The Morgan fingerprint density at radius 1 is 1.30 bits per heavy atom. The van der Waals surface area contributed by atoms with E-state index in [0.29, 0.717) is 12.1 Å². The molecule has 8 nitrogen and oxygen atoms in total. The number of sulfonamides is 1. The highest BCUT2D eigenvalue weighted by Gasteiger charge is 2.35. The van der Waals surface area contributed by atoms with Crippen LogP contribution in [0.1, 0.15) is 25.7 Å². The minimum absolute atomic E-state index is 0.0224. The van der Waals surface area contributed by atoms with Gasteiger partial charge in [0.1, 0.15) is 0 Å². The fourth-order valence-corrected chi connectivity index (χ4v) is 4.69. The van der Waals surface area contributed by atoms with Gasteiger partial charge in [-0.25, -0.2) is 13.1 Å². The van der Waals surface area contributed by atoms with E-state index in [4.69, 9.17) is 4.74 Å². The predicted molar refractivity (Wildman–Crippen MR) is 82.9 cm³/mol. The molecule has 2 bridgehead atoms. The van der Waals surface area contributed by atoms with Crippen molar-refractivity contribution in [3.8, 4) is 5.75 Å². The highest BCUT2D eigenvalue weighted by Crippen LogP contribution is 2.31. The van der Waals surface area contributed by atoms with E-state index in [-0.39, 0.29) is 22.4 Å². The second kappa shape index (κ2) is 6.06. The van der Waals surface area contributed by atoms with Crippen LogP contribution in [0, 0.1) is 10.1 Å². The second-order valence-electron chi connectivity index (χ2n) is 6.02. The van der Waals surface area contributed by atoms with Gasteiger partial charge in [-0.3, -0.25) is 10.1 Å². The van der Waals surface area contributed by atoms with Crippen molar-refractivity contribution in [3.63, 3.8) is 0 Å². The van der Waals surface area contributed by atoms with E-state index in [1.807, 2.05) is 0 Å². The largest absolute Gasteiger partial charge is 0.490 e. The zero-order valence-corrected chi connectivity index (χ0v) is 13.5.